The molecule has 25 heavy (non-hydrogen) atoms. The van der Waals surface area contributed by atoms with Crippen LogP contribution in [0.3, 0.4) is 0 Å². The second-order valence-corrected chi connectivity index (χ2v) is 6.93. The number of rotatable bonds is 5. The number of thiophene rings is 1. The Morgan fingerprint density at radius 3 is 2.72 bits per heavy atom. The van der Waals surface area contributed by atoms with Crippen LogP contribution >= 0.6 is 11.3 Å². The van der Waals surface area contributed by atoms with E-state index in [0.29, 0.717) is 17.1 Å². The van der Waals surface area contributed by atoms with E-state index in [1.54, 1.807) is 35.6 Å². The van der Waals surface area contributed by atoms with Crippen LogP contribution in [0.15, 0.2) is 66.7 Å². The Hall–Kier alpha value is -2.85. The van der Waals surface area contributed by atoms with Crippen LogP contribution in [0.5, 0.6) is 11.5 Å². The van der Waals surface area contributed by atoms with Crippen molar-refractivity contribution >= 4 is 23.2 Å². The maximum Gasteiger partial charge on any atom is 0.231 e. The maximum atomic E-state index is 12.3. The van der Waals surface area contributed by atoms with Gasteiger partial charge in [-0.15, -0.1) is 11.3 Å². The summed E-state index contributed by atoms with van der Waals surface area (Å²) in [4.78, 5) is 14.7. The highest BCUT2D eigenvalue weighted by Gasteiger charge is 2.15. The zero-order valence-electron chi connectivity index (χ0n) is 13.5. The second-order valence-electron chi connectivity index (χ2n) is 5.73. The van der Waals surface area contributed by atoms with Crippen LogP contribution in [-0.2, 0) is 6.42 Å². The first kappa shape index (κ1) is 15.7. The Bertz CT molecular complexity index is 925. The van der Waals surface area contributed by atoms with Gasteiger partial charge >= 0.3 is 0 Å². The third-order valence-electron chi connectivity index (χ3n) is 3.96. The summed E-state index contributed by atoms with van der Waals surface area (Å²) >= 11 is 1.70. The predicted octanol–water partition coefficient (Wildman–Crippen LogP) is 4.96. The van der Waals surface area contributed by atoms with Gasteiger partial charge in [-0.05, 0) is 48.0 Å². The van der Waals surface area contributed by atoms with Gasteiger partial charge in [-0.2, -0.15) is 0 Å². The summed E-state index contributed by atoms with van der Waals surface area (Å²) in [5, 5.41) is 0. The average Bonchev–Trinajstić information content (AvgIpc) is 3.29. The van der Waals surface area contributed by atoms with Gasteiger partial charge in [-0.1, -0.05) is 30.3 Å². The first-order chi connectivity index (χ1) is 12.3. The maximum absolute atomic E-state index is 12.3. The Morgan fingerprint density at radius 1 is 1.00 bits per heavy atom. The van der Waals surface area contributed by atoms with Crippen LogP contribution in [0.4, 0.5) is 0 Å². The van der Waals surface area contributed by atoms with Crippen molar-refractivity contribution in [2.45, 2.75) is 6.42 Å². The molecule has 3 nitrogen and oxygen atoms in total. The molecule has 1 aromatic heterocycles. The summed E-state index contributed by atoms with van der Waals surface area (Å²) in [6.07, 6.45) is 4.39. The van der Waals surface area contributed by atoms with Crippen LogP contribution in [0, 0.1) is 0 Å². The third-order valence-corrected chi connectivity index (χ3v) is 5.01. The SMILES string of the molecule is O=C(/C=C/c1ccc(Cc2ccccc2)s1)c1ccc2c(c1)OCO2. The lowest BCUT2D eigenvalue weighted by Crippen LogP contribution is -1.94. The molecule has 0 atom stereocenters. The topological polar surface area (TPSA) is 35.5 Å². The molecule has 2 aromatic carbocycles. The fourth-order valence-electron chi connectivity index (χ4n) is 2.68. The lowest BCUT2D eigenvalue weighted by atomic mass is 10.1. The van der Waals surface area contributed by atoms with Gasteiger partial charge in [0, 0.05) is 21.7 Å². The largest absolute Gasteiger partial charge is 0.454 e. The minimum atomic E-state index is -0.0451. The van der Waals surface area contributed by atoms with Gasteiger partial charge in [0.15, 0.2) is 17.3 Å². The second kappa shape index (κ2) is 6.95. The Labute approximate surface area is 150 Å². The van der Waals surface area contributed by atoms with Crippen LogP contribution in [0.25, 0.3) is 6.08 Å². The number of hydrogen-bond acceptors (Lipinski definition) is 4. The Kier molecular flexibility index (Phi) is 4.36. The summed E-state index contributed by atoms with van der Waals surface area (Å²) in [6.45, 7) is 0.211. The number of benzene rings is 2. The Balaban J connectivity index is 1.44. The van der Waals surface area contributed by atoms with E-state index in [9.17, 15) is 4.79 Å². The van der Waals surface area contributed by atoms with Crippen LogP contribution in [0.2, 0.25) is 0 Å². The van der Waals surface area contributed by atoms with E-state index in [1.807, 2.05) is 30.3 Å². The fourth-order valence-corrected chi connectivity index (χ4v) is 3.63. The summed E-state index contributed by atoms with van der Waals surface area (Å²) in [5.74, 6) is 1.26. The van der Waals surface area contributed by atoms with Crippen molar-refractivity contribution < 1.29 is 14.3 Å². The molecule has 0 unspecified atom stereocenters. The molecule has 4 rings (SSSR count). The van der Waals surface area contributed by atoms with Crippen molar-refractivity contribution in [3.05, 3.63) is 87.6 Å². The molecule has 1 aliphatic heterocycles. The average molecular weight is 348 g/mol. The van der Waals surface area contributed by atoms with E-state index < -0.39 is 0 Å². The van der Waals surface area contributed by atoms with Crippen molar-refractivity contribution in [1.29, 1.82) is 0 Å². The van der Waals surface area contributed by atoms with E-state index in [-0.39, 0.29) is 12.6 Å². The fraction of sp³-hybridized carbons (Fsp3) is 0.0952. The molecule has 0 bridgehead atoms. The highest BCUT2D eigenvalue weighted by Crippen LogP contribution is 2.32. The highest BCUT2D eigenvalue weighted by molar-refractivity contribution is 7.12. The summed E-state index contributed by atoms with van der Waals surface area (Å²) in [5.41, 5.74) is 1.89. The van der Waals surface area contributed by atoms with Crippen molar-refractivity contribution in [2.24, 2.45) is 0 Å². The molecule has 0 radical (unpaired) electrons. The van der Waals surface area contributed by atoms with E-state index in [0.717, 1.165) is 11.3 Å². The smallest absolute Gasteiger partial charge is 0.231 e. The first-order valence-corrected chi connectivity index (χ1v) is 8.84. The number of hydrogen-bond donors (Lipinski definition) is 0. The molecule has 0 amide bonds. The zero-order chi connectivity index (χ0) is 17.1. The number of allylic oxidation sites excluding steroid dienone is 1. The molecule has 0 saturated carbocycles. The highest BCUT2D eigenvalue weighted by atomic mass is 32.1. The molecule has 124 valence electrons. The summed E-state index contributed by atoms with van der Waals surface area (Å²) in [7, 11) is 0. The molecule has 0 aliphatic carbocycles. The molecule has 0 saturated heterocycles. The lowest BCUT2D eigenvalue weighted by Gasteiger charge is -1.98. The molecular formula is C21H16O3S. The van der Waals surface area contributed by atoms with Gasteiger partial charge < -0.3 is 9.47 Å². The molecular weight excluding hydrogens is 332 g/mol. The molecule has 3 aromatic rings. The molecule has 4 heteroatoms. The van der Waals surface area contributed by atoms with E-state index in [4.69, 9.17) is 9.47 Å². The third kappa shape index (κ3) is 3.64. The van der Waals surface area contributed by atoms with Gasteiger partial charge in [0.05, 0.1) is 0 Å². The van der Waals surface area contributed by atoms with Crippen LogP contribution < -0.4 is 9.47 Å². The van der Waals surface area contributed by atoms with Crippen molar-refractivity contribution in [3.63, 3.8) is 0 Å². The number of carbonyl (C=O) groups excluding carboxylic acids is 1. The van der Waals surface area contributed by atoms with Crippen molar-refractivity contribution in [1.82, 2.24) is 0 Å². The number of ether oxygens (including phenoxy) is 2. The minimum Gasteiger partial charge on any atom is -0.454 e. The van der Waals surface area contributed by atoms with Crippen molar-refractivity contribution in [3.8, 4) is 11.5 Å². The van der Waals surface area contributed by atoms with Gasteiger partial charge in [-0.25, -0.2) is 0 Å². The van der Waals surface area contributed by atoms with Gasteiger partial charge in [-0.3, -0.25) is 4.79 Å². The number of carbonyl (C=O) groups is 1. The van der Waals surface area contributed by atoms with E-state index in [1.165, 1.54) is 10.4 Å². The normalized spacial score (nSPS) is 12.6. The molecule has 2 heterocycles. The summed E-state index contributed by atoms with van der Waals surface area (Å²) < 4.78 is 10.6. The van der Waals surface area contributed by atoms with E-state index in [2.05, 4.69) is 18.2 Å². The summed E-state index contributed by atoms with van der Waals surface area (Å²) in [6, 6.07) is 19.8. The molecule has 0 spiro atoms. The molecule has 0 fully saturated rings. The van der Waals surface area contributed by atoms with Gasteiger partial charge in [0.25, 0.3) is 0 Å². The predicted molar refractivity (Wildman–Crippen MR) is 99.5 cm³/mol. The monoisotopic (exact) mass is 348 g/mol. The minimum absolute atomic E-state index is 0.0451. The first-order valence-electron chi connectivity index (χ1n) is 8.03. The van der Waals surface area contributed by atoms with E-state index >= 15 is 0 Å². The number of fused-ring (bicyclic) bond motifs is 1. The number of ketones is 1. The quantitative estimate of drug-likeness (QED) is 0.483. The Morgan fingerprint density at radius 2 is 1.84 bits per heavy atom. The standard InChI is InChI=1S/C21H16O3S/c22-19(16-6-11-20-21(13-16)24-14-23-20)10-9-17-7-8-18(25-17)12-15-4-2-1-3-5-15/h1-11,13H,12,14H2/b10-9+. The van der Waals surface area contributed by atoms with Crippen LogP contribution in [0.1, 0.15) is 25.7 Å². The van der Waals surface area contributed by atoms with Gasteiger partial charge in [0.1, 0.15) is 0 Å². The molecule has 1 aliphatic rings. The van der Waals surface area contributed by atoms with Crippen molar-refractivity contribution in [2.75, 3.05) is 6.79 Å². The van der Waals surface area contributed by atoms with Gasteiger partial charge in [0.2, 0.25) is 6.79 Å². The lowest BCUT2D eigenvalue weighted by molar-refractivity contribution is 0.104. The van der Waals surface area contributed by atoms with Crippen LogP contribution in [-0.4, -0.2) is 12.6 Å². The zero-order valence-corrected chi connectivity index (χ0v) is 14.3. The molecule has 0 N–H and O–H groups in total.